The topological polar surface area (TPSA) is 26.3 Å². The fourth-order valence-corrected chi connectivity index (χ4v) is 10.8. The Morgan fingerprint density at radius 3 is 1.25 bits per heavy atom. The minimum atomic E-state index is -4.33. The number of aryl methyl sites for hydroxylation is 3. The standard InChI is InChI=1S/C15H16.C12H17Cl.C12H16O.C11H15ClO.C11H15Cl.C10H10ClF3.C9H9Cl3/c1-12(2)13-8-10-15(11-9-13)14-6-4-3-5-7-14;1-4-5-10-8-11(13)6-7-12(10)9(2)3;1-4-12(13)11-7-5-10(6-8-11)9(2)3;1-7(2)9-5-8(3)10(12)6-11(9)13-4;1-4-9-7-10(12)5-6-11(9)8(2)3;1-6(2)8-4-3-7(11)5-9(8)10(12,13)14;1-5(2)6-3-7(10)9(12)8(11)4-6/h3-12H,1-2H3;6-9H,4-5H2,1-3H3;5-9H,4H2,1-3H3;5-7H,1-4H3;5-8H,4H2,1-3H3;3-6H,1-2H3;3-5H,1-2H3. The maximum absolute atomic E-state index is 12.5. The molecule has 2 nitrogen and oxygen atoms in total. The molecule has 8 aromatic rings. The second-order valence-corrected chi connectivity index (χ2v) is 27.5. The van der Waals surface area contributed by atoms with Crippen molar-refractivity contribution in [1.29, 1.82) is 0 Å². The van der Waals surface area contributed by atoms with Crippen molar-refractivity contribution in [1.82, 2.24) is 0 Å². The van der Waals surface area contributed by atoms with E-state index in [9.17, 15) is 18.0 Å². The first kappa shape index (κ1) is 83.1. The van der Waals surface area contributed by atoms with Gasteiger partial charge in [0.05, 0.1) is 27.7 Å². The number of rotatable bonds is 14. The monoisotopic (exact) mass is 1390 g/mol. The molecule has 0 spiro atoms. The predicted molar refractivity (Wildman–Crippen MR) is 399 cm³/mol. The lowest BCUT2D eigenvalue weighted by Gasteiger charge is -2.15. The highest BCUT2D eigenvalue weighted by molar-refractivity contribution is 6.48. The van der Waals surface area contributed by atoms with E-state index in [1.807, 2.05) is 74.5 Å². The fourth-order valence-electron chi connectivity index (χ4n) is 9.52. The summed E-state index contributed by atoms with van der Waals surface area (Å²) in [5.41, 5.74) is 14.8. The van der Waals surface area contributed by atoms with Crippen LogP contribution in [0.3, 0.4) is 0 Å². The van der Waals surface area contributed by atoms with Crippen LogP contribution in [0.15, 0.2) is 158 Å². The summed E-state index contributed by atoms with van der Waals surface area (Å²) in [7, 11) is 1.67. The summed E-state index contributed by atoms with van der Waals surface area (Å²) >= 11 is 40.9. The van der Waals surface area contributed by atoms with Crippen molar-refractivity contribution < 1.29 is 22.7 Å². The highest BCUT2D eigenvalue weighted by atomic mass is 35.5. The number of carbonyl (C=O) groups excluding carboxylic acids is 1. The average molecular weight is 1400 g/mol. The van der Waals surface area contributed by atoms with Gasteiger partial charge in [0.1, 0.15) is 5.75 Å². The van der Waals surface area contributed by atoms with Gasteiger partial charge in [-0.1, -0.05) is 308 Å². The number of hydrogen-bond donors (Lipinski definition) is 0. The zero-order valence-corrected chi connectivity index (χ0v) is 62.8. The molecule has 0 atom stereocenters. The molecule has 0 unspecified atom stereocenters. The maximum Gasteiger partial charge on any atom is 0.416 e. The second-order valence-electron chi connectivity index (χ2n) is 24.6. The number of Topliss-reactive ketones (excluding diaryl/α,β-unsaturated/α-hetero) is 1. The van der Waals surface area contributed by atoms with Crippen LogP contribution < -0.4 is 4.74 Å². The van der Waals surface area contributed by atoms with E-state index >= 15 is 0 Å². The molecule has 0 fully saturated rings. The molecule has 0 bridgehead atoms. The van der Waals surface area contributed by atoms with E-state index in [4.69, 9.17) is 85.9 Å². The van der Waals surface area contributed by atoms with Crippen LogP contribution in [0.25, 0.3) is 11.1 Å². The lowest BCUT2D eigenvalue weighted by molar-refractivity contribution is -0.138. The van der Waals surface area contributed by atoms with Crippen LogP contribution in [0.1, 0.15) is 244 Å². The van der Waals surface area contributed by atoms with Crippen LogP contribution >= 0.6 is 81.2 Å². The lowest BCUT2D eigenvalue weighted by atomic mass is 9.95. The van der Waals surface area contributed by atoms with Crippen molar-refractivity contribution in [2.24, 2.45) is 0 Å². The van der Waals surface area contributed by atoms with Gasteiger partial charge in [-0.15, -0.1) is 0 Å². The summed E-state index contributed by atoms with van der Waals surface area (Å²) in [5.74, 6) is 4.14. The molecular formula is C80H98Cl7F3O2. The van der Waals surface area contributed by atoms with Gasteiger partial charge in [-0.25, -0.2) is 0 Å². The number of ether oxygens (including phenoxy) is 1. The highest BCUT2D eigenvalue weighted by Gasteiger charge is 2.34. The predicted octanol–water partition coefficient (Wildman–Crippen LogP) is 29.4. The molecule has 0 aromatic heterocycles. The van der Waals surface area contributed by atoms with E-state index in [0.717, 1.165) is 56.4 Å². The SMILES string of the molecule is CC(C)c1cc(Cl)c(Cl)c(Cl)c1.CC(C)c1ccc(-c2ccccc2)cc1.CC(C)c1ccc(Cl)cc1C(F)(F)F.CCC(=O)c1ccc(C(C)C)cc1.CCCc1cc(Cl)ccc1C(C)C.CCc1cc(Cl)ccc1C(C)C.COc1cc(Cl)c(C)cc1C(C)C. The van der Waals surface area contributed by atoms with Gasteiger partial charge < -0.3 is 4.74 Å². The number of benzene rings is 8. The maximum atomic E-state index is 12.5. The Labute approximate surface area is 586 Å². The van der Waals surface area contributed by atoms with E-state index in [1.54, 1.807) is 21.0 Å². The lowest BCUT2D eigenvalue weighted by Crippen LogP contribution is -2.09. The summed E-state index contributed by atoms with van der Waals surface area (Å²) in [6.45, 7) is 37.8. The van der Waals surface area contributed by atoms with Crippen LogP contribution in [0.4, 0.5) is 13.2 Å². The van der Waals surface area contributed by atoms with Crippen molar-refractivity contribution in [2.45, 2.75) is 198 Å². The number of ketones is 1. The smallest absolute Gasteiger partial charge is 0.416 e. The second kappa shape index (κ2) is 41.8. The third-order valence-electron chi connectivity index (χ3n) is 15.0. The van der Waals surface area contributed by atoms with Gasteiger partial charge in [0.2, 0.25) is 0 Å². The number of carbonyl (C=O) groups is 1. The third-order valence-corrected chi connectivity index (χ3v) is 17.3. The van der Waals surface area contributed by atoms with Crippen LogP contribution in [0.2, 0.25) is 35.2 Å². The van der Waals surface area contributed by atoms with Gasteiger partial charge in [0.25, 0.3) is 0 Å². The van der Waals surface area contributed by atoms with Gasteiger partial charge in [-0.05, 0) is 183 Å². The molecular weight excluding hydrogens is 1300 g/mol. The van der Waals surface area contributed by atoms with Gasteiger partial charge in [0, 0.05) is 32.1 Å². The minimum absolute atomic E-state index is 0.113. The molecule has 0 saturated heterocycles. The Bertz CT molecular complexity index is 3440. The summed E-state index contributed by atoms with van der Waals surface area (Å²) < 4.78 is 42.8. The number of methoxy groups -OCH3 is 1. The van der Waals surface area contributed by atoms with E-state index < -0.39 is 11.7 Å². The molecule has 0 saturated carbocycles. The quantitative estimate of drug-likeness (QED) is 0.0801. The third kappa shape index (κ3) is 28.6. The minimum Gasteiger partial charge on any atom is -0.496 e. The van der Waals surface area contributed by atoms with Crippen LogP contribution in [0, 0.1) is 6.92 Å². The first-order chi connectivity index (χ1) is 43.1. The molecule has 500 valence electrons. The first-order valence-electron chi connectivity index (χ1n) is 31.8. The highest BCUT2D eigenvalue weighted by Crippen LogP contribution is 2.38. The Morgan fingerprint density at radius 1 is 0.435 bits per heavy atom. The molecule has 0 aliphatic rings. The Hall–Kier alpha value is -4.95. The van der Waals surface area contributed by atoms with Gasteiger partial charge >= 0.3 is 6.18 Å². The van der Waals surface area contributed by atoms with Crippen LogP contribution in [-0.4, -0.2) is 12.9 Å². The first-order valence-corrected chi connectivity index (χ1v) is 34.5. The molecule has 0 heterocycles. The van der Waals surface area contributed by atoms with Crippen molar-refractivity contribution in [3.05, 3.63) is 260 Å². The molecule has 0 N–H and O–H groups in total. The molecule has 8 rings (SSSR count). The van der Waals surface area contributed by atoms with Gasteiger partial charge in [-0.2, -0.15) is 13.2 Å². The number of hydrogen-bond acceptors (Lipinski definition) is 2. The fraction of sp³-hybridized carbons (Fsp3) is 0.388. The summed E-state index contributed by atoms with van der Waals surface area (Å²) in [6, 6.07) is 51.2. The van der Waals surface area contributed by atoms with Crippen molar-refractivity contribution in [2.75, 3.05) is 7.11 Å². The summed E-state index contributed by atoms with van der Waals surface area (Å²) in [4.78, 5) is 11.3. The summed E-state index contributed by atoms with van der Waals surface area (Å²) in [5, 5.41) is 4.05. The Kier molecular flexibility index (Phi) is 37.8. The molecule has 12 heteroatoms. The van der Waals surface area contributed by atoms with Crippen molar-refractivity contribution >= 4 is 87.0 Å². The molecule has 92 heavy (non-hydrogen) atoms. The van der Waals surface area contributed by atoms with E-state index in [1.165, 1.54) is 68.6 Å². The van der Waals surface area contributed by atoms with Gasteiger partial charge in [-0.3, -0.25) is 4.79 Å². The molecule has 0 aliphatic heterocycles. The zero-order valence-electron chi connectivity index (χ0n) is 57.5. The van der Waals surface area contributed by atoms with Crippen molar-refractivity contribution in [3.63, 3.8) is 0 Å². The van der Waals surface area contributed by atoms with Crippen LogP contribution in [0.5, 0.6) is 5.75 Å². The normalized spacial score (nSPS) is 10.9. The van der Waals surface area contributed by atoms with Crippen molar-refractivity contribution in [3.8, 4) is 16.9 Å². The molecule has 0 radical (unpaired) electrons. The molecule has 0 aliphatic carbocycles. The Morgan fingerprint density at radius 2 is 0.848 bits per heavy atom. The number of halogens is 10. The molecule has 8 aromatic carbocycles. The van der Waals surface area contributed by atoms with Gasteiger partial charge in [0.15, 0.2) is 5.78 Å². The van der Waals surface area contributed by atoms with E-state index in [-0.39, 0.29) is 22.3 Å². The van der Waals surface area contributed by atoms with E-state index in [0.29, 0.717) is 57.0 Å². The molecule has 0 amide bonds. The summed E-state index contributed by atoms with van der Waals surface area (Å²) in [6.07, 6.45) is -0.367. The number of alkyl halides is 3. The largest absolute Gasteiger partial charge is 0.496 e. The Balaban J connectivity index is 0.000000366. The zero-order chi connectivity index (χ0) is 69.7. The van der Waals surface area contributed by atoms with E-state index in [2.05, 4.69) is 176 Å². The van der Waals surface area contributed by atoms with Crippen LogP contribution in [-0.2, 0) is 19.0 Å². The average Bonchev–Trinajstić information content (AvgIpc) is 1.12.